The van der Waals surface area contributed by atoms with Crippen LogP contribution in [0.2, 0.25) is 0 Å². The number of rotatable bonds is 2. The number of carbonyl (C=O) groups excluding carboxylic acids is 3. The first-order chi connectivity index (χ1) is 11.0. The number of amides is 3. The van der Waals surface area contributed by atoms with Crippen molar-refractivity contribution in [2.75, 3.05) is 5.32 Å². The van der Waals surface area contributed by atoms with E-state index in [2.05, 4.69) is 5.32 Å². The molecule has 1 atom stereocenters. The summed E-state index contributed by atoms with van der Waals surface area (Å²) in [4.78, 5) is 36.6. The number of nitrogens with one attached hydrogen (secondary N) is 1. The zero-order chi connectivity index (χ0) is 16.6. The van der Waals surface area contributed by atoms with Gasteiger partial charge in [0.25, 0.3) is 11.8 Å². The molecule has 1 unspecified atom stereocenters. The Morgan fingerprint density at radius 3 is 2.43 bits per heavy atom. The van der Waals surface area contributed by atoms with E-state index < -0.39 is 23.6 Å². The highest BCUT2D eigenvalue weighted by atomic mass is 16.5. The predicted octanol–water partition coefficient (Wildman–Crippen LogP) is 2.09. The minimum atomic E-state index is -1.27. The van der Waals surface area contributed by atoms with Crippen LogP contribution in [-0.2, 0) is 9.59 Å². The van der Waals surface area contributed by atoms with Crippen molar-refractivity contribution in [3.05, 3.63) is 65.2 Å². The highest BCUT2D eigenvalue weighted by Crippen LogP contribution is 2.29. The molecule has 0 spiro atoms. The number of imide groups is 1. The van der Waals surface area contributed by atoms with Crippen LogP contribution in [0.1, 0.15) is 27.4 Å². The lowest BCUT2D eigenvalue weighted by atomic mass is 9.88. The Morgan fingerprint density at radius 1 is 1.09 bits per heavy atom. The fraction of sp³-hybridized carbons (Fsp3) is 0.118. The van der Waals surface area contributed by atoms with Gasteiger partial charge in [0.05, 0.1) is 0 Å². The summed E-state index contributed by atoms with van der Waals surface area (Å²) >= 11 is 0. The van der Waals surface area contributed by atoms with E-state index in [-0.39, 0.29) is 16.2 Å². The highest BCUT2D eigenvalue weighted by Gasteiger charge is 2.42. The van der Waals surface area contributed by atoms with Gasteiger partial charge in [0.15, 0.2) is 0 Å². The van der Waals surface area contributed by atoms with Crippen molar-refractivity contribution in [1.29, 1.82) is 0 Å². The molecule has 2 N–H and O–H groups in total. The van der Waals surface area contributed by atoms with Crippen molar-refractivity contribution in [1.82, 2.24) is 5.06 Å². The average Bonchev–Trinajstić information content (AvgIpc) is 2.55. The van der Waals surface area contributed by atoms with Crippen LogP contribution < -0.4 is 5.32 Å². The van der Waals surface area contributed by atoms with Crippen molar-refractivity contribution < 1.29 is 19.6 Å². The normalized spacial score (nSPS) is 17.0. The number of anilines is 1. The molecule has 1 aliphatic rings. The molecule has 2 aromatic carbocycles. The van der Waals surface area contributed by atoms with E-state index in [0.717, 1.165) is 5.56 Å². The number of hydroxylamine groups is 2. The van der Waals surface area contributed by atoms with Crippen LogP contribution in [0, 0.1) is 6.92 Å². The van der Waals surface area contributed by atoms with Gasteiger partial charge in [0, 0.05) is 11.3 Å². The number of hydrogen-bond acceptors (Lipinski definition) is 4. The van der Waals surface area contributed by atoms with Crippen LogP contribution in [-0.4, -0.2) is 28.0 Å². The van der Waals surface area contributed by atoms with Gasteiger partial charge >= 0.3 is 0 Å². The van der Waals surface area contributed by atoms with Crippen LogP contribution in [0.15, 0.2) is 48.5 Å². The third-order valence-electron chi connectivity index (χ3n) is 3.73. The van der Waals surface area contributed by atoms with E-state index in [1.54, 1.807) is 24.3 Å². The monoisotopic (exact) mass is 310 g/mol. The number of carbonyl (C=O) groups is 3. The van der Waals surface area contributed by atoms with E-state index >= 15 is 0 Å². The van der Waals surface area contributed by atoms with Gasteiger partial charge in [-0.25, -0.2) is 0 Å². The Kier molecular flexibility index (Phi) is 3.67. The van der Waals surface area contributed by atoms with Crippen LogP contribution in [0.4, 0.5) is 5.69 Å². The average molecular weight is 310 g/mol. The van der Waals surface area contributed by atoms with Gasteiger partial charge < -0.3 is 5.32 Å². The van der Waals surface area contributed by atoms with Gasteiger partial charge in [0.1, 0.15) is 5.92 Å². The number of fused-ring (bicyclic) bond motifs is 1. The van der Waals surface area contributed by atoms with Crippen molar-refractivity contribution in [3.63, 3.8) is 0 Å². The van der Waals surface area contributed by atoms with Gasteiger partial charge in [0.2, 0.25) is 5.91 Å². The molecule has 1 heterocycles. The summed E-state index contributed by atoms with van der Waals surface area (Å²) in [5.74, 6) is -3.66. The molecular formula is C17H14N2O4. The van der Waals surface area contributed by atoms with Crippen LogP contribution in [0.3, 0.4) is 0 Å². The third kappa shape index (κ3) is 2.60. The molecule has 6 nitrogen and oxygen atoms in total. The summed E-state index contributed by atoms with van der Waals surface area (Å²) in [7, 11) is 0. The lowest BCUT2D eigenvalue weighted by molar-refractivity contribution is -0.158. The second-order valence-corrected chi connectivity index (χ2v) is 5.33. The molecule has 0 saturated heterocycles. The topological polar surface area (TPSA) is 86.7 Å². The highest BCUT2D eigenvalue weighted by molar-refractivity contribution is 6.20. The first-order valence-corrected chi connectivity index (χ1v) is 7.02. The van der Waals surface area contributed by atoms with E-state index in [1.165, 1.54) is 12.1 Å². The smallest absolute Gasteiger partial charge is 0.284 e. The van der Waals surface area contributed by atoms with Gasteiger partial charge in [-0.15, -0.1) is 0 Å². The minimum Gasteiger partial charge on any atom is -0.325 e. The zero-order valence-corrected chi connectivity index (χ0v) is 12.3. The molecule has 0 aromatic heterocycles. The molecule has 2 aromatic rings. The Labute approximate surface area is 132 Å². The molecule has 6 heteroatoms. The van der Waals surface area contributed by atoms with Gasteiger partial charge in [-0.3, -0.25) is 19.6 Å². The van der Waals surface area contributed by atoms with Crippen molar-refractivity contribution in [2.24, 2.45) is 0 Å². The molecule has 0 aliphatic carbocycles. The van der Waals surface area contributed by atoms with Crippen molar-refractivity contribution in [2.45, 2.75) is 12.8 Å². The minimum absolute atomic E-state index is 0.00171. The molecule has 0 radical (unpaired) electrons. The largest absolute Gasteiger partial charge is 0.325 e. The van der Waals surface area contributed by atoms with Crippen LogP contribution >= 0.6 is 0 Å². The molecule has 23 heavy (non-hydrogen) atoms. The number of benzene rings is 2. The molecular weight excluding hydrogens is 296 g/mol. The van der Waals surface area contributed by atoms with Crippen LogP contribution in [0.5, 0.6) is 0 Å². The fourth-order valence-electron chi connectivity index (χ4n) is 2.52. The Balaban J connectivity index is 1.96. The molecule has 116 valence electrons. The van der Waals surface area contributed by atoms with Gasteiger partial charge in [-0.05, 0) is 30.7 Å². The number of nitrogens with zero attached hydrogens (tertiary/aromatic N) is 1. The SMILES string of the molecule is Cc1ccc(NC(=O)C2C(=O)N(O)C(=O)c3ccccc32)cc1. The summed E-state index contributed by atoms with van der Waals surface area (Å²) in [5, 5.41) is 12.3. The van der Waals surface area contributed by atoms with E-state index in [9.17, 15) is 19.6 Å². The van der Waals surface area contributed by atoms with Gasteiger partial charge in [-0.1, -0.05) is 35.9 Å². The maximum absolute atomic E-state index is 12.5. The van der Waals surface area contributed by atoms with Crippen molar-refractivity contribution >= 4 is 23.4 Å². The molecule has 0 bridgehead atoms. The second-order valence-electron chi connectivity index (χ2n) is 5.33. The summed E-state index contributed by atoms with van der Waals surface area (Å²) in [6.45, 7) is 1.92. The lowest BCUT2D eigenvalue weighted by Gasteiger charge is -2.27. The van der Waals surface area contributed by atoms with Crippen LogP contribution in [0.25, 0.3) is 0 Å². The molecule has 3 rings (SSSR count). The lowest BCUT2D eigenvalue weighted by Crippen LogP contribution is -2.46. The predicted molar refractivity (Wildman–Crippen MR) is 82.0 cm³/mol. The van der Waals surface area contributed by atoms with Crippen molar-refractivity contribution in [3.8, 4) is 0 Å². The Morgan fingerprint density at radius 2 is 1.74 bits per heavy atom. The summed E-state index contributed by atoms with van der Waals surface area (Å²) in [5.41, 5.74) is 2.00. The number of aryl methyl sites for hydroxylation is 1. The summed E-state index contributed by atoms with van der Waals surface area (Å²) in [6.07, 6.45) is 0. The number of hydrogen-bond donors (Lipinski definition) is 2. The maximum Gasteiger partial charge on any atom is 0.284 e. The quantitative estimate of drug-likeness (QED) is 0.505. The first-order valence-electron chi connectivity index (χ1n) is 7.02. The van der Waals surface area contributed by atoms with E-state index in [0.29, 0.717) is 5.69 Å². The summed E-state index contributed by atoms with van der Waals surface area (Å²) in [6, 6.07) is 13.3. The molecule has 0 saturated carbocycles. The van der Waals surface area contributed by atoms with E-state index in [4.69, 9.17) is 0 Å². The molecule has 3 amide bonds. The van der Waals surface area contributed by atoms with E-state index in [1.807, 2.05) is 19.1 Å². The molecule has 1 aliphatic heterocycles. The molecule has 0 fully saturated rings. The zero-order valence-electron chi connectivity index (χ0n) is 12.3. The fourth-order valence-corrected chi connectivity index (χ4v) is 2.52. The van der Waals surface area contributed by atoms with Gasteiger partial charge in [-0.2, -0.15) is 5.06 Å². The second kappa shape index (κ2) is 5.66. The Hall–Kier alpha value is -2.99. The maximum atomic E-state index is 12.5. The third-order valence-corrected chi connectivity index (χ3v) is 3.73. The Bertz CT molecular complexity index is 798. The first kappa shape index (κ1) is 14.9. The standard InChI is InChI=1S/C17H14N2O4/c1-10-6-8-11(9-7-10)18-15(20)14-12-4-2-3-5-13(12)16(21)19(23)17(14)22/h2-9,14,23H,1H3,(H,18,20). The summed E-state index contributed by atoms with van der Waals surface area (Å²) < 4.78 is 0.